The lowest BCUT2D eigenvalue weighted by Crippen LogP contribution is -2.08. The van der Waals surface area contributed by atoms with Gasteiger partial charge >= 0.3 is 5.97 Å². The van der Waals surface area contributed by atoms with E-state index in [4.69, 9.17) is 9.47 Å². The monoisotopic (exact) mass is 384 g/mol. The van der Waals surface area contributed by atoms with Crippen molar-refractivity contribution in [2.24, 2.45) is 0 Å². The fourth-order valence-electron chi connectivity index (χ4n) is 2.46. The van der Waals surface area contributed by atoms with Crippen molar-refractivity contribution in [3.8, 4) is 22.8 Å². The van der Waals surface area contributed by atoms with Gasteiger partial charge in [-0.1, -0.05) is 11.8 Å². The highest BCUT2D eigenvalue weighted by Gasteiger charge is 2.17. The number of nitrogens with zero attached hydrogens (tertiary/aromatic N) is 4. The van der Waals surface area contributed by atoms with Crippen LogP contribution in [0.15, 0.2) is 53.9 Å². The zero-order valence-corrected chi connectivity index (χ0v) is 16.0. The summed E-state index contributed by atoms with van der Waals surface area (Å²) in [6.45, 7) is 4.68. The van der Waals surface area contributed by atoms with Crippen molar-refractivity contribution in [1.29, 1.82) is 0 Å². The molecule has 0 amide bonds. The normalized spacial score (nSPS) is 10.6. The minimum Gasteiger partial charge on any atom is -0.494 e. The summed E-state index contributed by atoms with van der Waals surface area (Å²) < 4.78 is 12.4. The van der Waals surface area contributed by atoms with Crippen LogP contribution in [0.4, 0.5) is 0 Å². The van der Waals surface area contributed by atoms with Crippen LogP contribution in [0.2, 0.25) is 0 Å². The summed E-state index contributed by atoms with van der Waals surface area (Å²) in [5, 5.41) is 9.19. The Morgan fingerprint density at radius 2 is 1.93 bits per heavy atom. The molecule has 7 nitrogen and oxygen atoms in total. The predicted molar refractivity (Wildman–Crippen MR) is 103 cm³/mol. The van der Waals surface area contributed by atoms with Crippen molar-refractivity contribution in [2.45, 2.75) is 19.0 Å². The Kier molecular flexibility index (Phi) is 6.43. The summed E-state index contributed by atoms with van der Waals surface area (Å²) in [5.74, 6) is 1.32. The van der Waals surface area contributed by atoms with E-state index in [9.17, 15) is 4.79 Å². The summed E-state index contributed by atoms with van der Waals surface area (Å²) in [5.41, 5.74) is 1.70. The van der Waals surface area contributed by atoms with Crippen LogP contribution in [0, 0.1) is 0 Å². The van der Waals surface area contributed by atoms with E-state index in [2.05, 4.69) is 15.2 Å². The molecule has 0 aliphatic heterocycles. The highest BCUT2D eigenvalue weighted by atomic mass is 32.2. The Labute approximate surface area is 161 Å². The number of aromatic nitrogens is 4. The van der Waals surface area contributed by atoms with Gasteiger partial charge in [0.05, 0.1) is 19.0 Å². The van der Waals surface area contributed by atoms with E-state index < -0.39 is 0 Å². The van der Waals surface area contributed by atoms with Crippen LogP contribution in [0.25, 0.3) is 17.1 Å². The van der Waals surface area contributed by atoms with Gasteiger partial charge in [0.2, 0.25) is 0 Å². The molecule has 0 N–H and O–H groups in total. The molecule has 0 spiro atoms. The maximum atomic E-state index is 11.7. The van der Waals surface area contributed by atoms with Gasteiger partial charge in [0.25, 0.3) is 0 Å². The van der Waals surface area contributed by atoms with Gasteiger partial charge in [-0.25, -0.2) is 0 Å². The molecule has 0 unspecified atom stereocenters. The smallest absolute Gasteiger partial charge is 0.316 e. The molecule has 0 radical (unpaired) electrons. The van der Waals surface area contributed by atoms with Crippen LogP contribution < -0.4 is 4.74 Å². The van der Waals surface area contributed by atoms with Crippen LogP contribution in [-0.4, -0.2) is 44.7 Å². The number of pyridine rings is 1. The second-order valence-corrected chi connectivity index (χ2v) is 6.35. The molecule has 2 heterocycles. The van der Waals surface area contributed by atoms with Gasteiger partial charge in [0.1, 0.15) is 5.75 Å². The molecule has 3 rings (SSSR count). The standard InChI is InChI=1S/C19H20N4O3S/c1-3-25-16-9-7-15(8-10-16)23-18(14-6-5-11-20-12-14)21-22-19(23)27-13-17(24)26-4-2/h5-12H,3-4,13H2,1-2H3. The van der Waals surface area contributed by atoms with Crippen LogP contribution in [0.1, 0.15) is 13.8 Å². The van der Waals surface area contributed by atoms with Crippen LogP contribution in [0.3, 0.4) is 0 Å². The zero-order chi connectivity index (χ0) is 19.1. The average Bonchev–Trinajstić information content (AvgIpc) is 3.12. The van der Waals surface area contributed by atoms with Crippen LogP contribution in [-0.2, 0) is 9.53 Å². The van der Waals surface area contributed by atoms with Crippen molar-refractivity contribution < 1.29 is 14.3 Å². The molecule has 27 heavy (non-hydrogen) atoms. The van der Waals surface area contributed by atoms with E-state index in [-0.39, 0.29) is 11.7 Å². The summed E-state index contributed by atoms with van der Waals surface area (Å²) in [6, 6.07) is 11.4. The lowest BCUT2D eigenvalue weighted by atomic mass is 10.2. The number of carbonyl (C=O) groups excluding carboxylic acids is 1. The maximum Gasteiger partial charge on any atom is 0.316 e. The lowest BCUT2D eigenvalue weighted by Gasteiger charge is -2.11. The number of hydrogen-bond acceptors (Lipinski definition) is 7. The van der Waals surface area contributed by atoms with E-state index in [0.717, 1.165) is 17.0 Å². The second kappa shape index (κ2) is 9.18. The third kappa shape index (κ3) is 4.65. The molecule has 2 aromatic heterocycles. The Morgan fingerprint density at radius 3 is 2.59 bits per heavy atom. The zero-order valence-electron chi connectivity index (χ0n) is 15.2. The van der Waals surface area contributed by atoms with E-state index >= 15 is 0 Å². The minimum absolute atomic E-state index is 0.163. The van der Waals surface area contributed by atoms with E-state index in [0.29, 0.717) is 24.2 Å². The van der Waals surface area contributed by atoms with Crippen molar-refractivity contribution in [3.05, 3.63) is 48.8 Å². The van der Waals surface area contributed by atoms with Crippen molar-refractivity contribution in [1.82, 2.24) is 19.7 Å². The van der Waals surface area contributed by atoms with Gasteiger partial charge in [0, 0.05) is 23.6 Å². The maximum absolute atomic E-state index is 11.7. The summed E-state index contributed by atoms with van der Waals surface area (Å²) in [4.78, 5) is 15.9. The predicted octanol–water partition coefficient (Wildman–Crippen LogP) is 3.38. The fraction of sp³-hybridized carbons (Fsp3) is 0.263. The molecule has 140 valence electrons. The summed E-state index contributed by atoms with van der Waals surface area (Å²) in [6.07, 6.45) is 3.44. The highest BCUT2D eigenvalue weighted by molar-refractivity contribution is 7.99. The first-order valence-corrected chi connectivity index (χ1v) is 9.59. The Balaban J connectivity index is 1.96. The Bertz CT molecular complexity index is 882. The highest BCUT2D eigenvalue weighted by Crippen LogP contribution is 2.28. The molecule has 0 aliphatic carbocycles. The van der Waals surface area contributed by atoms with Gasteiger partial charge in [0.15, 0.2) is 11.0 Å². The molecular formula is C19H20N4O3S. The molecule has 0 atom stereocenters. The number of rotatable bonds is 8. The van der Waals surface area contributed by atoms with Gasteiger partial charge in [-0.3, -0.25) is 14.3 Å². The first-order chi connectivity index (χ1) is 13.2. The lowest BCUT2D eigenvalue weighted by molar-refractivity contribution is -0.139. The number of hydrogen-bond donors (Lipinski definition) is 0. The minimum atomic E-state index is -0.285. The van der Waals surface area contributed by atoms with Gasteiger partial charge < -0.3 is 9.47 Å². The van der Waals surface area contributed by atoms with E-state index in [1.54, 1.807) is 19.3 Å². The molecular weight excluding hydrogens is 364 g/mol. The molecule has 0 bridgehead atoms. The summed E-state index contributed by atoms with van der Waals surface area (Å²) in [7, 11) is 0. The van der Waals surface area contributed by atoms with Crippen LogP contribution >= 0.6 is 11.8 Å². The Morgan fingerprint density at radius 1 is 1.11 bits per heavy atom. The molecule has 0 fully saturated rings. The topological polar surface area (TPSA) is 79.1 Å². The second-order valence-electron chi connectivity index (χ2n) is 5.40. The first-order valence-electron chi connectivity index (χ1n) is 8.60. The van der Waals surface area contributed by atoms with Gasteiger partial charge in [-0.2, -0.15) is 0 Å². The third-order valence-electron chi connectivity index (χ3n) is 3.58. The van der Waals surface area contributed by atoms with Crippen molar-refractivity contribution >= 4 is 17.7 Å². The van der Waals surface area contributed by atoms with E-state index in [1.165, 1.54) is 11.8 Å². The molecule has 0 saturated heterocycles. The molecule has 3 aromatic rings. The SMILES string of the molecule is CCOC(=O)CSc1nnc(-c2cccnc2)n1-c1ccc(OCC)cc1. The largest absolute Gasteiger partial charge is 0.494 e. The van der Waals surface area contributed by atoms with E-state index in [1.807, 2.05) is 47.9 Å². The summed E-state index contributed by atoms with van der Waals surface area (Å²) >= 11 is 1.28. The number of thioether (sulfide) groups is 1. The number of benzene rings is 1. The first kappa shape index (κ1) is 18.9. The fourth-order valence-corrected chi connectivity index (χ4v) is 3.21. The average molecular weight is 384 g/mol. The van der Waals surface area contributed by atoms with Crippen LogP contribution in [0.5, 0.6) is 5.75 Å². The third-order valence-corrected chi connectivity index (χ3v) is 4.49. The molecule has 1 aromatic carbocycles. The number of ether oxygens (including phenoxy) is 2. The Hall–Kier alpha value is -2.87. The quantitative estimate of drug-likeness (QED) is 0.435. The number of carbonyl (C=O) groups is 1. The molecule has 8 heteroatoms. The van der Waals surface area contributed by atoms with Gasteiger partial charge in [-0.05, 0) is 50.2 Å². The van der Waals surface area contributed by atoms with Crippen molar-refractivity contribution in [2.75, 3.05) is 19.0 Å². The number of esters is 1. The molecule has 0 aliphatic rings. The van der Waals surface area contributed by atoms with Crippen molar-refractivity contribution in [3.63, 3.8) is 0 Å². The van der Waals surface area contributed by atoms with Gasteiger partial charge in [-0.15, -0.1) is 10.2 Å². The molecule has 0 saturated carbocycles.